The van der Waals surface area contributed by atoms with Crippen molar-refractivity contribution in [3.05, 3.63) is 40.3 Å². The van der Waals surface area contributed by atoms with Crippen LogP contribution in [0.15, 0.2) is 29.7 Å². The zero-order valence-electron chi connectivity index (χ0n) is 9.66. The van der Waals surface area contributed by atoms with E-state index in [-0.39, 0.29) is 6.54 Å². The lowest BCUT2D eigenvalue weighted by Gasteiger charge is -2.11. The summed E-state index contributed by atoms with van der Waals surface area (Å²) in [6.07, 6.45) is 1.47. The van der Waals surface area contributed by atoms with E-state index in [1.165, 1.54) is 10.4 Å². The van der Waals surface area contributed by atoms with Crippen molar-refractivity contribution in [1.29, 1.82) is 0 Å². The highest BCUT2D eigenvalue weighted by molar-refractivity contribution is 7.92. The average molecular weight is 288 g/mol. The summed E-state index contributed by atoms with van der Waals surface area (Å²) in [7, 11) is -3.44. The molecule has 4 nitrogen and oxygen atoms in total. The molecular formula is C12H14ClNO3S. The van der Waals surface area contributed by atoms with Gasteiger partial charge >= 0.3 is 0 Å². The summed E-state index contributed by atoms with van der Waals surface area (Å²) in [6.45, 7) is 0.543. The van der Waals surface area contributed by atoms with Crippen molar-refractivity contribution in [3.8, 4) is 0 Å². The largest absolute Gasteiger partial charge is 0.392 e. The molecule has 0 amide bonds. The van der Waals surface area contributed by atoms with Gasteiger partial charge in [0.15, 0.2) is 0 Å². The van der Waals surface area contributed by atoms with Gasteiger partial charge in [-0.1, -0.05) is 23.7 Å². The minimum Gasteiger partial charge on any atom is -0.392 e. The monoisotopic (exact) mass is 287 g/mol. The highest BCUT2D eigenvalue weighted by Gasteiger charge is 2.28. The fourth-order valence-corrected chi connectivity index (χ4v) is 3.13. The standard InChI is InChI=1S/C12H14ClNO3S/c13-11-3-1-10(2-4-11)6-8-18(16,17)14-7-5-12(15)9-14/h1-4,6,8,12,15H,5,7,9H2/t12-/m0/s1. The van der Waals surface area contributed by atoms with Crippen LogP contribution in [-0.2, 0) is 10.0 Å². The van der Waals surface area contributed by atoms with Gasteiger partial charge in [0.05, 0.1) is 6.10 Å². The topological polar surface area (TPSA) is 57.6 Å². The molecule has 1 aliphatic rings. The first kappa shape index (κ1) is 13.5. The molecule has 1 N–H and O–H groups in total. The minimum absolute atomic E-state index is 0.174. The van der Waals surface area contributed by atoms with Crippen LogP contribution in [0.2, 0.25) is 5.02 Å². The van der Waals surface area contributed by atoms with Gasteiger partial charge in [0.2, 0.25) is 10.0 Å². The third kappa shape index (κ3) is 3.32. The highest BCUT2D eigenvalue weighted by atomic mass is 35.5. The maximum absolute atomic E-state index is 11.9. The van der Waals surface area contributed by atoms with Crippen LogP contribution in [0.3, 0.4) is 0 Å². The molecule has 1 heterocycles. The number of hydrogen-bond acceptors (Lipinski definition) is 3. The second-order valence-corrected chi connectivity index (χ2v) is 6.45. The molecule has 1 saturated heterocycles. The van der Waals surface area contributed by atoms with Gasteiger partial charge < -0.3 is 5.11 Å². The van der Waals surface area contributed by atoms with Gasteiger partial charge in [-0.25, -0.2) is 8.42 Å². The molecule has 1 aromatic carbocycles. The van der Waals surface area contributed by atoms with E-state index in [1.807, 2.05) is 0 Å². The third-order valence-electron chi connectivity index (χ3n) is 2.79. The summed E-state index contributed by atoms with van der Waals surface area (Å²) in [5, 5.41) is 11.1. The van der Waals surface area contributed by atoms with E-state index in [0.717, 1.165) is 11.0 Å². The van der Waals surface area contributed by atoms with Crippen molar-refractivity contribution >= 4 is 27.7 Å². The number of hydrogen-bond donors (Lipinski definition) is 1. The summed E-state index contributed by atoms with van der Waals surface area (Å²) in [6, 6.07) is 6.89. The van der Waals surface area contributed by atoms with E-state index in [4.69, 9.17) is 11.6 Å². The van der Waals surface area contributed by atoms with Gasteiger partial charge in [0, 0.05) is 23.5 Å². The van der Waals surface area contributed by atoms with Crippen LogP contribution >= 0.6 is 11.6 Å². The Labute approximate surface area is 112 Å². The lowest BCUT2D eigenvalue weighted by Crippen LogP contribution is -2.27. The molecule has 1 atom stereocenters. The molecule has 0 aliphatic carbocycles. The van der Waals surface area contributed by atoms with Crippen molar-refractivity contribution in [2.75, 3.05) is 13.1 Å². The van der Waals surface area contributed by atoms with Crippen molar-refractivity contribution in [2.24, 2.45) is 0 Å². The van der Waals surface area contributed by atoms with E-state index in [1.54, 1.807) is 24.3 Å². The Balaban J connectivity index is 2.10. The van der Waals surface area contributed by atoms with E-state index in [0.29, 0.717) is 18.0 Å². The molecule has 0 unspecified atom stereocenters. The Hall–Kier alpha value is -0.880. The van der Waals surface area contributed by atoms with Gasteiger partial charge in [-0.3, -0.25) is 0 Å². The predicted octanol–water partition coefficient (Wildman–Crippen LogP) is 1.71. The van der Waals surface area contributed by atoms with Gasteiger partial charge in [-0.15, -0.1) is 0 Å². The maximum atomic E-state index is 11.9. The first-order valence-corrected chi connectivity index (χ1v) is 7.47. The van der Waals surface area contributed by atoms with Gasteiger partial charge in [-0.05, 0) is 30.2 Å². The minimum atomic E-state index is -3.44. The SMILES string of the molecule is O=S(=O)(C=Cc1ccc(Cl)cc1)N1CC[C@H](O)C1. The quantitative estimate of drug-likeness (QED) is 0.921. The van der Waals surface area contributed by atoms with E-state index in [9.17, 15) is 13.5 Å². The molecule has 1 fully saturated rings. The van der Waals surface area contributed by atoms with Crippen LogP contribution in [0.4, 0.5) is 0 Å². The third-order valence-corrected chi connectivity index (χ3v) is 4.57. The van der Waals surface area contributed by atoms with Crippen LogP contribution in [0.5, 0.6) is 0 Å². The molecule has 1 aromatic rings. The molecule has 98 valence electrons. The van der Waals surface area contributed by atoms with Crippen molar-refractivity contribution in [2.45, 2.75) is 12.5 Å². The van der Waals surface area contributed by atoms with Crippen LogP contribution in [-0.4, -0.2) is 37.0 Å². The Morgan fingerprint density at radius 3 is 2.56 bits per heavy atom. The zero-order valence-corrected chi connectivity index (χ0v) is 11.2. The lowest BCUT2D eigenvalue weighted by molar-refractivity contribution is 0.189. The van der Waals surface area contributed by atoms with Crippen molar-refractivity contribution in [3.63, 3.8) is 0 Å². The van der Waals surface area contributed by atoms with Crippen LogP contribution in [0.25, 0.3) is 6.08 Å². The number of sulfonamides is 1. The highest BCUT2D eigenvalue weighted by Crippen LogP contribution is 2.16. The summed E-state index contributed by atoms with van der Waals surface area (Å²) >= 11 is 5.74. The second-order valence-electron chi connectivity index (χ2n) is 4.20. The van der Waals surface area contributed by atoms with Crippen LogP contribution in [0, 0.1) is 0 Å². The summed E-state index contributed by atoms with van der Waals surface area (Å²) in [4.78, 5) is 0. The molecule has 6 heteroatoms. The first-order chi connectivity index (χ1) is 8.47. The molecule has 0 radical (unpaired) electrons. The average Bonchev–Trinajstić information content (AvgIpc) is 2.76. The number of rotatable bonds is 3. The molecular weight excluding hydrogens is 274 g/mol. The Kier molecular flexibility index (Phi) is 4.07. The number of aliphatic hydroxyl groups is 1. The second kappa shape index (κ2) is 5.40. The van der Waals surface area contributed by atoms with Crippen LogP contribution in [0.1, 0.15) is 12.0 Å². The number of benzene rings is 1. The van der Waals surface area contributed by atoms with Crippen molar-refractivity contribution in [1.82, 2.24) is 4.31 Å². The fraction of sp³-hybridized carbons (Fsp3) is 0.333. The summed E-state index contributed by atoms with van der Waals surface area (Å²) in [5.41, 5.74) is 0.766. The smallest absolute Gasteiger partial charge is 0.236 e. The summed E-state index contributed by atoms with van der Waals surface area (Å²) < 4.78 is 25.1. The Morgan fingerprint density at radius 2 is 2.00 bits per heavy atom. The molecule has 18 heavy (non-hydrogen) atoms. The van der Waals surface area contributed by atoms with Gasteiger partial charge in [0.1, 0.15) is 0 Å². The normalized spacial score (nSPS) is 21.8. The molecule has 0 spiro atoms. The maximum Gasteiger partial charge on any atom is 0.236 e. The van der Waals surface area contributed by atoms with Gasteiger partial charge in [0.25, 0.3) is 0 Å². The van der Waals surface area contributed by atoms with Crippen LogP contribution < -0.4 is 0 Å². The van der Waals surface area contributed by atoms with Crippen molar-refractivity contribution < 1.29 is 13.5 Å². The lowest BCUT2D eigenvalue weighted by atomic mass is 10.2. The zero-order chi connectivity index (χ0) is 13.2. The molecule has 2 rings (SSSR count). The van der Waals surface area contributed by atoms with E-state index >= 15 is 0 Å². The Morgan fingerprint density at radius 1 is 1.33 bits per heavy atom. The number of β-amino-alcohol motifs (C(OH)–C–C–N with tert-alkyl or cyclic N) is 1. The number of aliphatic hydroxyl groups excluding tert-OH is 1. The molecule has 1 aliphatic heterocycles. The molecule has 0 saturated carbocycles. The summed E-state index contributed by atoms with van der Waals surface area (Å²) in [5.74, 6) is 0. The number of nitrogens with zero attached hydrogens (tertiary/aromatic N) is 1. The van der Waals surface area contributed by atoms with E-state index < -0.39 is 16.1 Å². The predicted molar refractivity (Wildman–Crippen MR) is 71.6 cm³/mol. The fourth-order valence-electron chi connectivity index (χ4n) is 1.77. The number of halogens is 1. The van der Waals surface area contributed by atoms with Gasteiger partial charge in [-0.2, -0.15) is 4.31 Å². The first-order valence-electron chi connectivity index (χ1n) is 5.59. The molecule has 0 bridgehead atoms. The molecule has 0 aromatic heterocycles. The van der Waals surface area contributed by atoms with E-state index in [2.05, 4.69) is 0 Å². The Bertz CT molecular complexity index is 539.